The Labute approximate surface area is 120 Å². The van der Waals surface area contributed by atoms with Gasteiger partial charge in [0.25, 0.3) is 0 Å². The van der Waals surface area contributed by atoms with Crippen LogP contribution in [0.3, 0.4) is 0 Å². The molecule has 0 saturated heterocycles. The van der Waals surface area contributed by atoms with Crippen molar-refractivity contribution < 1.29 is 25.9 Å². The molecule has 9 heteroatoms. The zero-order valence-corrected chi connectivity index (χ0v) is 12.1. The van der Waals surface area contributed by atoms with Crippen LogP contribution in [-0.4, -0.2) is 63.7 Å². The second kappa shape index (κ2) is 9.76. The van der Waals surface area contributed by atoms with Gasteiger partial charge in [-0.2, -0.15) is 0 Å². The molecule has 0 fully saturated rings. The van der Waals surface area contributed by atoms with Gasteiger partial charge in [0.05, 0.1) is 0 Å². The average Bonchev–Trinajstić information content (AvgIpc) is 1.81. The Morgan fingerprint density at radius 3 is 1.00 bits per heavy atom. The predicted molar refractivity (Wildman–Crippen MR) is 54.8 cm³/mol. The molecule has 0 unspecified atom stereocenters. The first-order chi connectivity index (χ1) is 6.12. The molecule has 15 heavy (non-hydrogen) atoms. The van der Waals surface area contributed by atoms with Crippen LogP contribution in [0.1, 0.15) is 13.8 Å². The maximum Gasteiger partial charge on any atom is 2.00 e. The number of rotatable bonds is 2. The molecule has 0 spiro atoms. The van der Waals surface area contributed by atoms with E-state index in [1.54, 1.807) is 0 Å². The minimum Gasteiger partial charge on any atom is -0.744 e. The minimum absolute atomic E-state index is 0. The van der Waals surface area contributed by atoms with Gasteiger partial charge in [-0.15, -0.1) is 0 Å². The van der Waals surface area contributed by atoms with E-state index < -0.39 is 20.2 Å². The largest absolute Gasteiger partial charge is 2.00 e. The third-order valence-electron chi connectivity index (χ3n) is 0.605. The zero-order valence-electron chi connectivity index (χ0n) is 8.28. The van der Waals surface area contributed by atoms with Crippen molar-refractivity contribution in [2.75, 3.05) is 0 Å². The number of hydrogen-bond donors (Lipinski definition) is 0. The molecule has 84 valence electrons. The van der Waals surface area contributed by atoms with Crippen LogP contribution >= 0.6 is 0 Å². The molecule has 0 aromatic heterocycles. The van der Waals surface area contributed by atoms with Crippen LogP contribution in [0.15, 0.2) is 23.0 Å². The molecular formula is C6H10CaO6S2. The predicted octanol–water partition coefficient (Wildman–Crippen LogP) is -0.250. The van der Waals surface area contributed by atoms with E-state index in [0.29, 0.717) is 10.8 Å². The maximum absolute atomic E-state index is 9.59. The molecule has 0 rings (SSSR count). The molecule has 0 aromatic carbocycles. The van der Waals surface area contributed by atoms with Gasteiger partial charge in [-0.05, 0) is 13.8 Å². The van der Waals surface area contributed by atoms with Gasteiger partial charge in [0.2, 0.25) is 0 Å². The molecule has 6 nitrogen and oxygen atoms in total. The van der Waals surface area contributed by atoms with Crippen molar-refractivity contribution in [1.29, 1.82) is 0 Å². The van der Waals surface area contributed by atoms with E-state index >= 15 is 0 Å². The summed E-state index contributed by atoms with van der Waals surface area (Å²) in [6.07, 6.45) is 2.37. The van der Waals surface area contributed by atoms with Crippen LogP contribution in [-0.2, 0) is 20.2 Å². The Morgan fingerprint density at radius 2 is 1.00 bits per heavy atom. The smallest absolute Gasteiger partial charge is 0.744 e. The minimum atomic E-state index is -4.10. The Balaban J connectivity index is -0.000000180. The molecule has 0 radical (unpaired) electrons. The van der Waals surface area contributed by atoms with Crippen LogP contribution in [0.5, 0.6) is 0 Å². The quantitative estimate of drug-likeness (QED) is 0.509. The molecule has 0 saturated carbocycles. The molecule has 0 N–H and O–H groups in total. The summed E-state index contributed by atoms with van der Waals surface area (Å²) in [7, 11) is -8.21. The molecule has 0 aliphatic heterocycles. The van der Waals surface area contributed by atoms with Crippen LogP contribution in [0.4, 0.5) is 0 Å². The summed E-state index contributed by atoms with van der Waals surface area (Å²) in [5, 5.41) is 1.21. The summed E-state index contributed by atoms with van der Waals surface area (Å²) < 4.78 is 57.5. The van der Waals surface area contributed by atoms with E-state index in [9.17, 15) is 25.9 Å². The molecule has 0 aromatic rings. The van der Waals surface area contributed by atoms with Gasteiger partial charge < -0.3 is 9.11 Å². The van der Waals surface area contributed by atoms with E-state index in [4.69, 9.17) is 0 Å². The number of hydrogen-bond acceptors (Lipinski definition) is 6. The molecule has 0 heterocycles. The zero-order chi connectivity index (χ0) is 11.8. The fourth-order valence-corrected chi connectivity index (χ4v) is 1.00. The Morgan fingerprint density at radius 1 is 0.800 bits per heavy atom. The van der Waals surface area contributed by atoms with Gasteiger partial charge in [0.15, 0.2) is 0 Å². The first-order valence-corrected chi connectivity index (χ1v) is 6.24. The fourth-order valence-electron chi connectivity index (χ4n) is 0.333. The van der Waals surface area contributed by atoms with Crippen molar-refractivity contribution in [2.45, 2.75) is 13.8 Å². The topological polar surface area (TPSA) is 114 Å². The Kier molecular flexibility index (Phi) is 13.6. The fraction of sp³-hybridized carbons (Fsp3) is 0.333. The van der Waals surface area contributed by atoms with Crippen molar-refractivity contribution in [1.82, 2.24) is 0 Å². The SMILES string of the molecule is CC=CS(=O)(=O)[O-].CC=CS(=O)(=O)[O-].[Ca+2]. The average molecular weight is 282 g/mol. The van der Waals surface area contributed by atoms with E-state index in [1.165, 1.54) is 26.0 Å². The van der Waals surface area contributed by atoms with Crippen molar-refractivity contribution >= 4 is 58.0 Å². The van der Waals surface area contributed by atoms with Crippen LogP contribution in [0.25, 0.3) is 0 Å². The summed E-state index contributed by atoms with van der Waals surface area (Å²) in [6.45, 7) is 2.94. The second-order valence-electron chi connectivity index (χ2n) is 1.92. The van der Waals surface area contributed by atoms with Crippen LogP contribution in [0.2, 0.25) is 0 Å². The summed E-state index contributed by atoms with van der Waals surface area (Å²) in [6, 6.07) is 0. The molecule has 0 aliphatic rings. The monoisotopic (exact) mass is 282 g/mol. The molecular weight excluding hydrogens is 272 g/mol. The normalized spacial score (nSPS) is 12.0. The first-order valence-electron chi connectivity index (χ1n) is 3.29. The molecule has 0 aliphatic carbocycles. The van der Waals surface area contributed by atoms with Crippen molar-refractivity contribution in [3.8, 4) is 0 Å². The van der Waals surface area contributed by atoms with Gasteiger partial charge in [-0.25, -0.2) is 16.8 Å². The Bertz CT molecular complexity index is 351. The number of allylic oxidation sites excluding steroid dienone is 2. The van der Waals surface area contributed by atoms with Crippen molar-refractivity contribution in [3.63, 3.8) is 0 Å². The van der Waals surface area contributed by atoms with E-state index in [0.717, 1.165) is 0 Å². The van der Waals surface area contributed by atoms with E-state index in [2.05, 4.69) is 0 Å². The van der Waals surface area contributed by atoms with Crippen LogP contribution in [0, 0.1) is 0 Å². The summed E-state index contributed by atoms with van der Waals surface area (Å²) in [5.41, 5.74) is 0. The summed E-state index contributed by atoms with van der Waals surface area (Å²) >= 11 is 0. The molecule has 0 amide bonds. The summed E-state index contributed by atoms with van der Waals surface area (Å²) in [4.78, 5) is 0. The first kappa shape index (κ1) is 20.9. The second-order valence-corrected chi connectivity index (χ2v) is 4.44. The van der Waals surface area contributed by atoms with E-state index in [1.807, 2.05) is 0 Å². The van der Waals surface area contributed by atoms with Gasteiger partial charge in [0, 0.05) is 10.8 Å². The van der Waals surface area contributed by atoms with Gasteiger partial charge >= 0.3 is 37.7 Å². The molecule has 0 bridgehead atoms. The Hall–Kier alpha value is 0.560. The van der Waals surface area contributed by atoms with Gasteiger partial charge in [-0.3, -0.25) is 0 Å². The van der Waals surface area contributed by atoms with E-state index in [-0.39, 0.29) is 37.7 Å². The summed E-state index contributed by atoms with van der Waals surface area (Å²) in [5.74, 6) is 0. The van der Waals surface area contributed by atoms with Crippen LogP contribution < -0.4 is 0 Å². The third-order valence-corrected chi connectivity index (χ3v) is 1.82. The van der Waals surface area contributed by atoms with Gasteiger partial charge in [-0.1, -0.05) is 12.2 Å². The molecule has 0 atom stereocenters. The third kappa shape index (κ3) is 31.3. The van der Waals surface area contributed by atoms with Crippen molar-refractivity contribution in [2.24, 2.45) is 0 Å². The van der Waals surface area contributed by atoms with Crippen molar-refractivity contribution in [3.05, 3.63) is 23.0 Å². The standard InChI is InChI=1S/2C3H6O3S.Ca/c2*1-2-3-7(4,5)6;/h2*2-3H,1H3,(H,4,5,6);/q;;+2/p-2. The maximum atomic E-state index is 9.59. The van der Waals surface area contributed by atoms with Gasteiger partial charge in [0.1, 0.15) is 20.2 Å².